The standard InChI is InChI=1S/C14H17BrN2O2/c1-9-13(8-18)10(2)17(16-9)7-11-6-12(19-3)4-5-14(11)15/h4-6,18H,7-8H2,1-3H3. The summed E-state index contributed by atoms with van der Waals surface area (Å²) in [5.74, 6) is 0.821. The molecule has 4 nitrogen and oxygen atoms in total. The first-order valence-electron chi connectivity index (χ1n) is 6.03. The van der Waals surface area contributed by atoms with Gasteiger partial charge in [0.1, 0.15) is 5.75 Å². The number of aliphatic hydroxyl groups excluding tert-OH is 1. The summed E-state index contributed by atoms with van der Waals surface area (Å²) in [6.45, 7) is 4.55. The molecule has 0 saturated carbocycles. The summed E-state index contributed by atoms with van der Waals surface area (Å²) in [5.41, 5.74) is 3.86. The van der Waals surface area contributed by atoms with Gasteiger partial charge in [0.15, 0.2) is 0 Å². The first-order chi connectivity index (χ1) is 9.06. The van der Waals surface area contributed by atoms with Crippen molar-refractivity contribution >= 4 is 15.9 Å². The number of rotatable bonds is 4. The Morgan fingerprint density at radius 2 is 2.11 bits per heavy atom. The summed E-state index contributed by atoms with van der Waals surface area (Å²) in [6, 6.07) is 5.86. The Kier molecular flexibility index (Phi) is 4.27. The van der Waals surface area contributed by atoms with Crippen molar-refractivity contribution in [3.05, 3.63) is 45.2 Å². The number of nitrogens with zero attached hydrogens (tertiary/aromatic N) is 2. The van der Waals surface area contributed by atoms with Crippen molar-refractivity contribution in [1.29, 1.82) is 0 Å². The first-order valence-corrected chi connectivity index (χ1v) is 6.82. The van der Waals surface area contributed by atoms with Crippen molar-refractivity contribution in [1.82, 2.24) is 9.78 Å². The van der Waals surface area contributed by atoms with E-state index >= 15 is 0 Å². The van der Waals surface area contributed by atoms with Crippen molar-refractivity contribution in [2.75, 3.05) is 7.11 Å². The van der Waals surface area contributed by atoms with Crippen LogP contribution in [0.5, 0.6) is 5.75 Å². The molecule has 0 atom stereocenters. The number of benzene rings is 1. The molecule has 0 unspecified atom stereocenters. The smallest absolute Gasteiger partial charge is 0.119 e. The third kappa shape index (κ3) is 2.82. The average Bonchev–Trinajstić information content (AvgIpc) is 2.66. The highest BCUT2D eigenvalue weighted by atomic mass is 79.9. The summed E-state index contributed by atoms with van der Waals surface area (Å²) in [7, 11) is 1.65. The van der Waals surface area contributed by atoms with Gasteiger partial charge in [0, 0.05) is 15.7 Å². The third-order valence-corrected chi connectivity index (χ3v) is 4.04. The Labute approximate surface area is 121 Å². The Bertz CT molecular complexity index is 593. The molecule has 2 rings (SSSR count). The molecule has 0 spiro atoms. The van der Waals surface area contributed by atoms with Gasteiger partial charge in [-0.1, -0.05) is 15.9 Å². The van der Waals surface area contributed by atoms with Crippen molar-refractivity contribution < 1.29 is 9.84 Å². The van der Waals surface area contributed by atoms with E-state index in [2.05, 4.69) is 21.0 Å². The van der Waals surface area contributed by atoms with E-state index in [0.29, 0.717) is 6.54 Å². The van der Waals surface area contributed by atoms with Gasteiger partial charge < -0.3 is 9.84 Å². The van der Waals surface area contributed by atoms with E-state index in [9.17, 15) is 5.11 Å². The summed E-state index contributed by atoms with van der Waals surface area (Å²) in [4.78, 5) is 0. The molecular weight excluding hydrogens is 308 g/mol. The number of aryl methyl sites for hydroxylation is 1. The number of methoxy groups -OCH3 is 1. The quantitative estimate of drug-likeness (QED) is 0.940. The molecule has 0 bridgehead atoms. The number of aromatic nitrogens is 2. The van der Waals surface area contributed by atoms with Crippen LogP contribution in [0.4, 0.5) is 0 Å². The lowest BCUT2D eigenvalue weighted by atomic mass is 10.2. The van der Waals surface area contributed by atoms with Gasteiger partial charge in [-0.25, -0.2) is 0 Å². The molecule has 1 heterocycles. The molecule has 1 N–H and O–H groups in total. The molecule has 0 aliphatic rings. The predicted molar refractivity (Wildman–Crippen MR) is 77.4 cm³/mol. The zero-order chi connectivity index (χ0) is 14.0. The maximum atomic E-state index is 9.33. The van der Waals surface area contributed by atoms with Crippen LogP contribution >= 0.6 is 15.9 Å². The third-order valence-electron chi connectivity index (χ3n) is 3.26. The minimum Gasteiger partial charge on any atom is -0.497 e. The fraction of sp³-hybridized carbons (Fsp3) is 0.357. The largest absolute Gasteiger partial charge is 0.497 e. The van der Waals surface area contributed by atoms with Crippen molar-refractivity contribution in [3.8, 4) is 5.75 Å². The highest BCUT2D eigenvalue weighted by molar-refractivity contribution is 9.10. The second kappa shape index (κ2) is 5.75. The minimum atomic E-state index is 0.0247. The highest BCUT2D eigenvalue weighted by Crippen LogP contribution is 2.24. The van der Waals surface area contributed by atoms with Crippen LogP contribution in [-0.4, -0.2) is 22.0 Å². The molecule has 0 radical (unpaired) electrons. The van der Waals surface area contributed by atoms with E-state index in [0.717, 1.165) is 32.7 Å². The minimum absolute atomic E-state index is 0.0247. The van der Waals surface area contributed by atoms with Crippen molar-refractivity contribution in [3.63, 3.8) is 0 Å². The molecule has 1 aromatic heterocycles. The van der Waals surface area contributed by atoms with Gasteiger partial charge in [-0.05, 0) is 37.6 Å². The Morgan fingerprint density at radius 1 is 1.37 bits per heavy atom. The van der Waals surface area contributed by atoms with Gasteiger partial charge in [-0.2, -0.15) is 5.10 Å². The molecule has 0 aliphatic heterocycles. The molecule has 1 aromatic carbocycles. The lowest BCUT2D eigenvalue weighted by Gasteiger charge is -2.09. The molecule has 2 aromatic rings. The van der Waals surface area contributed by atoms with E-state index in [1.165, 1.54) is 0 Å². The second-order valence-corrected chi connectivity index (χ2v) is 5.28. The number of halogens is 1. The maximum absolute atomic E-state index is 9.33. The van der Waals surface area contributed by atoms with E-state index < -0.39 is 0 Å². The van der Waals surface area contributed by atoms with E-state index in [1.807, 2.05) is 36.7 Å². The molecule has 5 heteroatoms. The van der Waals surface area contributed by atoms with Gasteiger partial charge in [0.25, 0.3) is 0 Å². The van der Waals surface area contributed by atoms with Crippen LogP contribution in [0.1, 0.15) is 22.5 Å². The summed E-state index contributed by atoms with van der Waals surface area (Å²) < 4.78 is 8.16. The van der Waals surface area contributed by atoms with Gasteiger partial charge in [-0.15, -0.1) is 0 Å². The van der Waals surface area contributed by atoms with Crippen molar-refractivity contribution in [2.24, 2.45) is 0 Å². The van der Waals surface area contributed by atoms with Gasteiger partial charge in [0.2, 0.25) is 0 Å². The molecule has 0 fully saturated rings. The molecule has 0 aliphatic carbocycles. The van der Waals surface area contributed by atoms with Crippen LogP contribution in [0, 0.1) is 13.8 Å². The zero-order valence-corrected chi connectivity index (χ0v) is 12.9. The van der Waals surface area contributed by atoms with Crippen LogP contribution in [0.3, 0.4) is 0 Å². The maximum Gasteiger partial charge on any atom is 0.119 e. The summed E-state index contributed by atoms with van der Waals surface area (Å²) in [6.07, 6.45) is 0. The SMILES string of the molecule is COc1ccc(Br)c(Cn2nc(C)c(CO)c2C)c1. The highest BCUT2D eigenvalue weighted by Gasteiger charge is 2.12. The van der Waals surface area contributed by atoms with E-state index in [1.54, 1.807) is 7.11 Å². The predicted octanol–water partition coefficient (Wildman–Crippen LogP) is 2.81. The fourth-order valence-electron chi connectivity index (χ4n) is 2.08. The Hall–Kier alpha value is -1.33. The van der Waals surface area contributed by atoms with Crippen LogP contribution in [0.25, 0.3) is 0 Å². The van der Waals surface area contributed by atoms with E-state index in [-0.39, 0.29) is 6.61 Å². The molecule has 0 amide bonds. The topological polar surface area (TPSA) is 47.3 Å². The monoisotopic (exact) mass is 324 g/mol. The van der Waals surface area contributed by atoms with E-state index in [4.69, 9.17) is 4.74 Å². The van der Waals surface area contributed by atoms with Crippen LogP contribution < -0.4 is 4.74 Å². The van der Waals surface area contributed by atoms with Crippen LogP contribution in [0.2, 0.25) is 0 Å². The van der Waals surface area contributed by atoms with Crippen molar-refractivity contribution in [2.45, 2.75) is 27.0 Å². The van der Waals surface area contributed by atoms with Crippen LogP contribution in [-0.2, 0) is 13.2 Å². The lowest BCUT2D eigenvalue weighted by Crippen LogP contribution is -2.05. The number of ether oxygens (including phenoxy) is 1. The second-order valence-electron chi connectivity index (χ2n) is 4.42. The Morgan fingerprint density at radius 3 is 2.68 bits per heavy atom. The lowest BCUT2D eigenvalue weighted by molar-refractivity contribution is 0.280. The average molecular weight is 325 g/mol. The van der Waals surface area contributed by atoms with Gasteiger partial charge in [-0.3, -0.25) is 4.68 Å². The first kappa shape index (κ1) is 14.1. The Balaban J connectivity index is 2.36. The number of hydrogen-bond acceptors (Lipinski definition) is 3. The number of hydrogen-bond donors (Lipinski definition) is 1. The molecule has 0 saturated heterocycles. The van der Waals surface area contributed by atoms with Gasteiger partial charge in [0.05, 0.1) is 26.0 Å². The summed E-state index contributed by atoms with van der Waals surface area (Å²) in [5, 5.41) is 13.8. The van der Waals surface area contributed by atoms with Gasteiger partial charge >= 0.3 is 0 Å². The zero-order valence-electron chi connectivity index (χ0n) is 11.3. The molecular formula is C14H17BrN2O2. The summed E-state index contributed by atoms with van der Waals surface area (Å²) >= 11 is 3.54. The molecule has 102 valence electrons. The number of aliphatic hydroxyl groups is 1. The van der Waals surface area contributed by atoms with Crippen LogP contribution in [0.15, 0.2) is 22.7 Å². The molecule has 19 heavy (non-hydrogen) atoms. The fourth-order valence-corrected chi connectivity index (χ4v) is 2.45. The normalized spacial score (nSPS) is 10.8.